The maximum atomic E-state index is 12.6. The molecule has 0 aromatic heterocycles. The molecule has 0 unspecified atom stereocenters. The minimum Gasteiger partial charge on any atom is -0.166 e. The lowest BCUT2D eigenvalue weighted by Gasteiger charge is -2.31. The highest BCUT2D eigenvalue weighted by Crippen LogP contribution is 2.37. The Morgan fingerprint density at radius 1 is 0.806 bits per heavy atom. The molecule has 0 saturated heterocycles. The Balaban J connectivity index is 1.33. The van der Waals surface area contributed by atoms with Crippen molar-refractivity contribution < 1.29 is 13.2 Å². The van der Waals surface area contributed by atoms with Crippen LogP contribution >= 0.6 is 0 Å². The van der Waals surface area contributed by atoms with Crippen molar-refractivity contribution in [3.63, 3.8) is 0 Å². The normalized spacial score (nSPS) is 27.1. The summed E-state index contributed by atoms with van der Waals surface area (Å²) < 4.78 is 37.8. The zero-order valence-electron chi connectivity index (χ0n) is 18.9. The molecule has 2 aliphatic rings. The van der Waals surface area contributed by atoms with Crippen molar-refractivity contribution in [1.82, 2.24) is 0 Å². The molecule has 3 heteroatoms. The van der Waals surface area contributed by atoms with E-state index in [1.807, 2.05) is 6.08 Å². The van der Waals surface area contributed by atoms with Crippen LogP contribution in [0.25, 0.3) is 0 Å². The van der Waals surface area contributed by atoms with E-state index in [0.29, 0.717) is 11.5 Å². The molecular formula is C28H37F3. The maximum Gasteiger partial charge on any atom is 0.416 e. The van der Waals surface area contributed by atoms with Gasteiger partial charge in [-0.15, -0.1) is 0 Å². The number of allylic oxidation sites excluding steroid dienone is 2. The third-order valence-corrected chi connectivity index (χ3v) is 7.42. The van der Waals surface area contributed by atoms with Crippen molar-refractivity contribution in [1.29, 1.82) is 0 Å². The van der Waals surface area contributed by atoms with Crippen LogP contribution in [0.3, 0.4) is 0 Å². The van der Waals surface area contributed by atoms with Crippen LogP contribution < -0.4 is 0 Å². The van der Waals surface area contributed by atoms with E-state index in [-0.39, 0.29) is 0 Å². The van der Waals surface area contributed by atoms with Crippen molar-refractivity contribution in [3.05, 3.63) is 47.5 Å². The van der Waals surface area contributed by atoms with Gasteiger partial charge in [-0.1, -0.05) is 76.2 Å². The zero-order valence-corrected chi connectivity index (χ0v) is 18.9. The van der Waals surface area contributed by atoms with E-state index in [0.717, 1.165) is 29.9 Å². The lowest BCUT2D eigenvalue weighted by Crippen LogP contribution is -2.17. The first-order chi connectivity index (χ1) is 14.9. The van der Waals surface area contributed by atoms with Gasteiger partial charge in [0.05, 0.1) is 5.56 Å². The highest BCUT2D eigenvalue weighted by molar-refractivity contribution is 5.39. The molecular weight excluding hydrogens is 393 g/mol. The molecule has 0 spiro atoms. The zero-order chi connectivity index (χ0) is 22.1. The lowest BCUT2D eigenvalue weighted by atomic mass is 9.75. The fourth-order valence-electron chi connectivity index (χ4n) is 5.41. The number of alkyl halides is 3. The lowest BCUT2D eigenvalue weighted by molar-refractivity contribution is -0.137. The van der Waals surface area contributed by atoms with Crippen molar-refractivity contribution in [3.8, 4) is 11.8 Å². The van der Waals surface area contributed by atoms with Gasteiger partial charge in [-0.2, -0.15) is 13.2 Å². The molecule has 2 aliphatic carbocycles. The summed E-state index contributed by atoms with van der Waals surface area (Å²) in [4.78, 5) is 0. The Morgan fingerprint density at radius 2 is 1.32 bits per heavy atom. The van der Waals surface area contributed by atoms with Gasteiger partial charge in [0.15, 0.2) is 0 Å². The summed E-state index contributed by atoms with van der Waals surface area (Å²) in [6.45, 7) is 2.31. The molecule has 0 amide bonds. The Morgan fingerprint density at radius 3 is 1.84 bits per heavy atom. The Kier molecular flexibility index (Phi) is 9.12. The quantitative estimate of drug-likeness (QED) is 0.396. The van der Waals surface area contributed by atoms with Crippen molar-refractivity contribution in [2.24, 2.45) is 23.7 Å². The minimum absolute atomic E-state index is 0.600. The van der Waals surface area contributed by atoms with Crippen LogP contribution in [0.4, 0.5) is 13.2 Å². The van der Waals surface area contributed by atoms with E-state index in [4.69, 9.17) is 0 Å². The summed E-state index contributed by atoms with van der Waals surface area (Å²) >= 11 is 0. The van der Waals surface area contributed by atoms with Gasteiger partial charge in [-0.25, -0.2) is 0 Å². The van der Waals surface area contributed by atoms with Crippen LogP contribution in [0, 0.1) is 35.5 Å². The topological polar surface area (TPSA) is 0 Å². The highest BCUT2D eigenvalue weighted by atomic mass is 19.4. The summed E-state index contributed by atoms with van der Waals surface area (Å²) in [6.07, 6.45) is 16.4. The summed E-state index contributed by atoms with van der Waals surface area (Å²) in [5, 5.41) is 0. The van der Waals surface area contributed by atoms with Crippen LogP contribution in [0.1, 0.15) is 95.1 Å². The molecule has 0 radical (unpaired) electrons. The number of halogens is 3. The number of hydrogen-bond acceptors (Lipinski definition) is 0. The second-order valence-electron chi connectivity index (χ2n) is 9.74. The first kappa shape index (κ1) is 24.0. The third kappa shape index (κ3) is 8.06. The van der Waals surface area contributed by atoms with Crippen LogP contribution in [0.2, 0.25) is 0 Å². The Bertz CT molecular complexity index is 731. The van der Waals surface area contributed by atoms with Crippen molar-refractivity contribution in [2.75, 3.05) is 0 Å². The second kappa shape index (κ2) is 11.8. The third-order valence-electron chi connectivity index (χ3n) is 7.42. The summed E-state index contributed by atoms with van der Waals surface area (Å²) in [7, 11) is 0. The molecule has 170 valence electrons. The van der Waals surface area contributed by atoms with E-state index in [9.17, 15) is 13.2 Å². The fourth-order valence-corrected chi connectivity index (χ4v) is 5.41. The number of hydrogen-bond donors (Lipinski definition) is 0. The summed E-state index contributed by atoms with van der Waals surface area (Å²) in [5.41, 5.74) is -0.0142. The van der Waals surface area contributed by atoms with Crippen LogP contribution in [0.15, 0.2) is 36.4 Å². The molecule has 0 aliphatic heterocycles. The molecule has 31 heavy (non-hydrogen) atoms. The van der Waals surface area contributed by atoms with Crippen molar-refractivity contribution >= 4 is 0 Å². The Hall–Kier alpha value is -1.69. The molecule has 0 nitrogen and oxygen atoms in total. The van der Waals surface area contributed by atoms with Gasteiger partial charge in [-0.05, 0) is 79.7 Å². The van der Waals surface area contributed by atoms with Gasteiger partial charge in [-0.3, -0.25) is 0 Å². The van der Waals surface area contributed by atoms with Gasteiger partial charge < -0.3 is 0 Å². The summed E-state index contributed by atoms with van der Waals surface area (Å²) in [6, 6.07) is 5.05. The average Bonchev–Trinajstić information content (AvgIpc) is 2.77. The highest BCUT2D eigenvalue weighted by Gasteiger charge is 2.29. The van der Waals surface area contributed by atoms with Crippen LogP contribution in [-0.2, 0) is 6.18 Å². The Labute approximate surface area is 186 Å². The van der Waals surface area contributed by atoms with Crippen LogP contribution in [-0.4, -0.2) is 0 Å². The van der Waals surface area contributed by atoms with Gasteiger partial charge in [0.1, 0.15) is 0 Å². The fraction of sp³-hybridized carbons (Fsp3) is 0.643. The largest absolute Gasteiger partial charge is 0.416 e. The predicted octanol–water partition coefficient (Wildman–Crippen LogP) is 8.81. The van der Waals surface area contributed by atoms with E-state index < -0.39 is 11.7 Å². The molecule has 0 N–H and O–H groups in total. The molecule has 0 heterocycles. The molecule has 0 bridgehead atoms. The molecule has 2 saturated carbocycles. The van der Waals surface area contributed by atoms with Gasteiger partial charge >= 0.3 is 6.18 Å². The summed E-state index contributed by atoms with van der Waals surface area (Å²) in [5.74, 6) is 9.40. The van der Waals surface area contributed by atoms with Gasteiger partial charge in [0.2, 0.25) is 0 Å². The van der Waals surface area contributed by atoms with Gasteiger partial charge in [0.25, 0.3) is 0 Å². The molecule has 1 aromatic carbocycles. The standard InChI is InChI=1S/C28H37F3/c1-2-5-22-8-12-25(13-9-22)16-17-26-14-10-23(11-15-26)6-3-4-7-24-18-20-27(21-19-24)28(29,30)31/h3,6,18-23,25-26H,2,5,8-17H2,1H3/b6-3+. The first-order valence-corrected chi connectivity index (χ1v) is 12.3. The molecule has 1 aromatic rings. The number of rotatable bonds is 6. The van der Waals surface area contributed by atoms with E-state index >= 15 is 0 Å². The minimum atomic E-state index is -4.29. The molecule has 0 atom stereocenters. The smallest absolute Gasteiger partial charge is 0.166 e. The van der Waals surface area contributed by atoms with Gasteiger partial charge in [0, 0.05) is 5.56 Å². The monoisotopic (exact) mass is 430 g/mol. The first-order valence-electron chi connectivity index (χ1n) is 12.3. The maximum absolute atomic E-state index is 12.6. The predicted molar refractivity (Wildman–Crippen MR) is 123 cm³/mol. The van der Waals surface area contributed by atoms with E-state index in [1.165, 1.54) is 89.2 Å². The van der Waals surface area contributed by atoms with Crippen LogP contribution in [0.5, 0.6) is 0 Å². The number of benzene rings is 1. The van der Waals surface area contributed by atoms with E-state index in [1.54, 1.807) is 0 Å². The second-order valence-corrected chi connectivity index (χ2v) is 9.74. The SMILES string of the molecule is CCCC1CCC(CCC2CCC(/C=C/C#Cc3ccc(C(F)(F)F)cc3)CC2)CC1. The average molecular weight is 431 g/mol. The van der Waals surface area contributed by atoms with Crippen molar-refractivity contribution in [2.45, 2.75) is 90.1 Å². The molecule has 2 fully saturated rings. The molecule has 3 rings (SSSR count). The van der Waals surface area contributed by atoms with E-state index in [2.05, 4.69) is 24.8 Å².